The standard InChI is InChI=1S/C20H24ClN3O2/c1-13(2)18(24-20(26)23-17-10-5-4-6-11-17)19(25)22-14(3)15-8-7-9-16(21)12-15/h4-14,18H,1-3H3,(H,22,25)(H2,23,24,26). The monoisotopic (exact) mass is 373 g/mol. The van der Waals surface area contributed by atoms with Crippen LogP contribution in [0.15, 0.2) is 54.6 Å². The second kappa shape index (κ2) is 9.25. The second-order valence-corrected chi connectivity index (χ2v) is 6.91. The van der Waals surface area contributed by atoms with Gasteiger partial charge in [0.2, 0.25) is 5.91 Å². The van der Waals surface area contributed by atoms with Crippen molar-refractivity contribution < 1.29 is 9.59 Å². The van der Waals surface area contributed by atoms with Gasteiger partial charge in [0.05, 0.1) is 6.04 Å². The molecular weight excluding hydrogens is 350 g/mol. The number of carbonyl (C=O) groups excluding carboxylic acids is 2. The third-order valence-corrected chi connectivity index (χ3v) is 4.21. The molecule has 0 aliphatic carbocycles. The van der Waals surface area contributed by atoms with Gasteiger partial charge in [0, 0.05) is 10.7 Å². The summed E-state index contributed by atoms with van der Waals surface area (Å²) >= 11 is 6.01. The van der Waals surface area contributed by atoms with Crippen molar-refractivity contribution in [1.29, 1.82) is 0 Å². The van der Waals surface area contributed by atoms with Crippen molar-refractivity contribution in [3.05, 3.63) is 65.2 Å². The Morgan fingerprint density at radius 2 is 1.62 bits per heavy atom. The van der Waals surface area contributed by atoms with E-state index in [1.165, 1.54) is 0 Å². The summed E-state index contributed by atoms with van der Waals surface area (Å²) in [4.78, 5) is 24.9. The Hall–Kier alpha value is -2.53. The molecule has 0 saturated heterocycles. The first-order valence-electron chi connectivity index (χ1n) is 8.55. The number of hydrogen-bond donors (Lipinski definition) is 3. The highest BCUT2D eigenvalue weighted by atomic mass is 35.5. The van der Waals surface area contributed by atoms with E-state index in [9.17, 15) is 9.59 Å². The van der Waals surface area contributed by atoms with Crippen LogP contribution < -0.4 is 16.0 Å². The molecule has 0 fully saturated rings. The first-order valence-corrected chi connectivity index (χ1v) is 8.93. The van der Waals surface area contributed by atoms with Crippen LogP contribution in [-0.2, 0) is 4.79 Å². The minimum atomic E-state index is -0.652. The molecule has 2 rings (SSSR count). The number of halogens is 1. The Bertz CT molecular complexity index is 750. The average molecular weight is 374 g/mol. The molecule has 0 aromatic heterocycles. The summed E-state index contributed by atoms with van der Waals surface area (Å²) in [5.74, 6) is -0.307. The topological polar surface area (TPSA) is 70.2 Å². The van der Waals surface area contributed by atoms with Crippen LogP contribution in [0.25, 0.3) is 0 Å². The predicted molar refractivity (Wildman–Crippen MR) is 105 cm³/mol. The van der Waals surface area contributed by atoms with Gasteiger partial charge in [0.1, 0.15) is 6.04 Å². The Kier molecular flexibility index (Phi) is 7.04. The zero-order valence-corrected chi connectivity index (χ0v) is 15.9. The lowest BCUT2D eigenvalue weighted by molar-refractivity contribution is -0.124. The Labute approximate surface area is 159 Å². The summed E-state index contributed by atoms with van der Waals surface area (Å²) in [7, 11) is 0. The molecule has 5 nitrogen and oxygen atoms in total. The summed E-state index contributed by atoms with van der Waals surface area (Å²) in [5.41, 5.74) is 1.57. The Morgan fingerprint density at radius 1 is 0.923 bits per heavy atom. The SMILES string of the molecule is CC(NC(=O)C(NC(=O)Nc1ccccc1)C(C)C)c1cccc(Cl)c1. The maximum absolute atomic E-state index is 12.7. The molecule has 0 saturated carbocycles. The number of para-hydroxylation sites is 1. The van der Waals surface area contributed by atoms with Gasteiger partial charge < -0.3 is 16.0 Å². The fraction of sp³-hybridized carbons (Fsp3) is 0.300. The summed E-state index contributed by atoms with van der Waals surface area (Å²) in [5, 5.41) is 9.02. The molecule has 2 aromatic rings. The van der Waals surface area contributed by atoms with E-state index in [1.807, 2.05) is 57.2 Å². The number of nitrogens with one attached hydrogen (secondary N) is 3. The number of carbonyl (C=O) groups is 2. The molecule has 0 aliphatic rings. The van der Waals surface area contributed by atoms with Crippen molar-refractivity contribution in [2.75, 3.05) is 5.32 Å². The van der Waals surface area contributed by atoms with Crippen molar-refractivity contribution in [2.24, 2.45) is 5.92 Å². The molecule has 138 valence electrons. The van der Waals surface area contributed by atoms with Gasteiger partial charge in [-0.2, -0.15) is 0 Å². The molecule has 0 aliphatic heterocycles. The highest BCUT2D eigenvalue weighted by Gasteiger charge is 2.25. The fourth-order valence-corrected chi connectivity index (χ4v) is 2.73. The molecule has 6 heteroatoms. The van der Waals surface area contributed by atoms with E-state index < -0.39 is 12.1 Å². The third-order valence-electron chi connectivity index (χ3n) is 3.97. The molecule has 3 amide bonds. The molecule has 2 atom stereocenters. The summed E-state index contributed by atoms with van der Waals surface area (Å²) in [6, 6.07) is 15.1. The van der Waals surface area contributed by atoms with Crippen LogP contribution >= 0.6 is 11.6 Å². The van der Waals surface area contributed by atoms with E-state index in [-0.39, 0.29) is 17.9 Å². The lowest BCUT2D eigenvalue weighted by Gasteiger charge is -2.24. The largest absolute Gasteiger partial charge is 0.348 e. The van der Waals surface area contributed by atoms with Crippen LogP contribution in [0.1, 0.15) is 32.4 Å². The molecule has 0 heterocycles. The quantitative estimate of drug-likeness (QED) is 0.703. The molecular formula is C20H24ClN3O2. The van der Waals surface area contributed by atoms with Crippen molar-refractivity contribution in [3.63, 3.8) is 0 Å². The van der Waals surface area contributed by atoms with Crippen LogP contribution in [-0.4, -0.2) is 18.0 Å². The number of anilines is 1. The summed E-state index contributed by atoms with van der Waals surface area (Å²) in [6.07, 6.45) is 0. The number of urea groups is 1. The molecule has 0 bridgehead atoms. The van der Waals surface area contributed by atoms with E-state index in [0.717, 1.165) is 5.56 Å². The average Bonchev–Trinajstić information content (AvgIpc) is 2.60. The lowest BCUT2D eigenvalue weighted by Crippen LogP contribution is -2.51. The highest BCUT2D eigenvalue weighted by molar-refractivity contribution is 6.30. The highest BCUT2D eigenvalue weighted by Crippen LogP contribution is 2.18. The second-order valence-electron chi connectivity index (χ2n) is 6.47. The number of benzene rings is 2. The van der Waals surface area contributed by atoms with E-state index >= 15 is 0 Å². The Morgan fingerprint density at radius 3 is 2.23 bits per heavy atom. The maximum Gasteiger partial charge on any atom is 0.319 e. The third kappa shape index (κ3) is 5.77. The molecule has 0 spiro atoms. The molecule has 2 aromatic carbocycles. The van der Waals surface area contributed by atoms with Crippen LogP contribution in [0.5, 0.6) is 0 Å². The summed E-state index contributed by atoms with van der Waals surface area (Å²) in [6.45, 7) is 5.65. The first-order chi connectivity index (χ1) is 12.4. The first kappa shape index (κ1) is 19.8. The zero-order chi connectivity index (χ0) is 19.1. The Balaban J connectivity index is 1.99. The van der Waals surface area contributed by atoms with Crippen LogP contribution in [0.3, 0.4) is 0 Å². The number of rotatable bonds is 6. The van der Waals surface area contributed by atoms with E-state index in [4.69, 9.17) is 11.6 Å². The number of amides is 3. The van der Waals surface area contributed by atoms with Gasteiger partial charge in [-0.1, -0.05) is 55.8 Å². The van der Waals surface area contributed by atoms with Gasteiger partial charge in [-0.15, -0.1) is 0 Å². The van der Waals surface area contributed by atoms with Gasteiger partial charge in [0.15, 0.2) is 0 Å². The molecule has 3 N–H and O–H groups in total. The molecule has 2 unspecified atom stereocenters. The smallest absolute Gasteiger partial charge is 0.319 e. The van der Waals surface area contributed by atoms with E-state index in [1.54, 1.807) is 18.2 Å². The van der Waals surface area contributed by atoms with Crippen LogP contribution in [0.2, 0.25) is 5.02 Å². The lowest BCUT2D eigenvalue weighted by atomic mass is 10.0. The summed E-state index contributed by atoms with van der Waals surface area (Å²) < 4.78 is 0. The predicted octanol–water partition coefficient (Wildman–Crippen LogP) is 4.36. The van der Waals surface area contributed by atoms with Gasteiger partial charge in [-0.25, -0.2) is 4.79 Å². The molecule has 0 radical (unpaired) electrons. The van der Waals surface area contributed by atoms with Crippen molar-refractivity contribution in [2.45, 2.75) is 32.9 Å². The van der Waals surface area contributed by atoms with E-state index in [0.29, 0.717) is 10.7 Å². The van der Waals surface area contributed by atoms with Crippen molar-refractivity contribution >= 4 is 29.2 Å². The van der Waals surface area contributed by atoms with Gasteiger partial charge >= 0.3 is 6.03 Å². The van der Waals surface area contributed by atoms with Crippen molar-refractivity contribution in [1.82, 2.24) is 10.6 Å². The normalized spacial score (nSPS) is 13.0. The van der Waals surface area contributed by atoms with Crippen LogP contribution in [0.4, 0.5) is 10.5 Å². The van der Waals surface area contributed by atoms with Crippen molar-refractivity contribution in [3.8, 4) is 0 Å². The van der Waals surface area contributed by atoms with E-state index in [2.05, 4.69) is 16.0 Å². The maximum atomic E-state index is 12.7. The fourth-order valence-electron chi connectivity index (χ4n) is 2.53. The molecule has 26 heavy (non-hydrogen) atoms. The minimum Gasteiger partial charge on any atom is -0.348 e. The minimum absolute atomic E-state index is 0.0666. The number of hydrogen-bond acceptors (Lipinski definition) is 2. The van der Waals surface area contributed by atoms with Crippen LogP contribution in [0, 0.1) is 5.92 Å². The van der Waals surface area contributed by atoms with Gasteiger partial charge in [-0.05, 0) is 42.7 Å². The zero-order valence-electron chi connectivity index (χ0n) is 15.1. The van der Waals surface area contributed by atoms with Gasteiger partial charge in [0.25, 0.3) is 0 Å². The van der Waals surface area contributed by atoms with Gasteiger partial charge in [-0.3, -0.25) is 4.79 Å².